The maximum absolute atomic E-state index is 12.6. The van der Waals surface area contributed by atoms with Crippen LogP contribution in [0.3, 0.4) is 0 Å². The molecule has 0 spiro atoms. The molecular formula is C21H20N8O2S. The summed E-state index contributed by atoms with van der Waals surface area (Å²) in [6.45, 7) is 3.04. The number of hydrogen-bond donors (Lipinski definition) is 0. The number of nitrogens with zero attached hydrogens (tertiary/aromatic N) is 8. The van der Waals surface area contributed by atoms with E-state index in [4.69, 9.17) is 10.1 Å². The number of piperazine rings is 1. The number of rotatable bonds is 6. The van der Waals surface area contributed by atoms with Crippen LogP contribution >= 0.6 is 11.3 Å². The lowest BCUT2D eigenvalue weighted by atomic mass is 10.2. The summed E-state index contributed by atoms with van der Waals surface area (Å²) >= 11 is 1.37. The van der Waals surface area contributed by atoms with Crippen LogP contribution in [0.2, 0.25) is 0 Å². The third kappa shape index (κ3) is 3.92. The van der Waals surface area contributed by atoms with E-state index in [1.54, 1.807) is 0 Å². The van der Waals surface area contributed by atoms with E-state index in [0.29, 0.717) is 50.5 Å². The molecule has 32 heavy (non-hydrogen) atoms. The number of fused-ring (bicyclic) bond motifs is 2. The van der Waals surface area contributed by atoms with Gasteiger partial charge in [-0.25, -0.2) is 9.97 Å². The Labute approximate surface area is 187 Å². The van der Waals surface area contributed by atoms with E-state index in [0.717, 1.165) is 27.1 Å². The predicted molar refractivity (Wildman–Crippen MR) is 119 cm³/mol. The average Bonchev–Trinajstić information content (AvgIpc) is 3.45. The van der Waals surface area contributed by atoms with Gasteiger partial charge < -0.3 is 14.6 Å². The Balaban J connectivity index is 1.12. The van der Waals surface area contributed by atoms with Gasteiger partial charge in [0.15, 0.2) is 0 Å². The van der Waals surface area contributed by atoms with Gasteiger partial charge in [0.1, 0.15) is 45.6 Å². The summed E-state index contributed by atoms with van der Waals surface area (Å²) in [5.41, 5.74) is 1.58. The number of benzene rings is 1. The van der Waals surface area contributed by atoms with Crippen LogP contribution in [-0.2, 0) is 4.79 Å². The number of carbonyl (C=O) groups is 1. The van der Waals surface area contributed by atoms with Crippen LogP contribution < -0.4 is 9.74 Å². The molecule has 0 aliphatic carbocycles. The minimum absolute atomic E-state index is 0.117. The fourth-order valence-electron chi connectivity index (χ4n) is 3.79. The molecule has 3 aromatic heterocycles. The highest BCUT2D eigenvalue weighted by Gasteiger charge is 2.23. The summed E-state index contributed by atoms with van der Waals surface area (Å²) in [7, 11) is 0. The molecule has 0 saturated carbocycles. The molecule has 1 fully saturated rings. The largest absolute Gasteiger partial charge is 0.395 e. The highest BCUT2D eigenvalue weighted by Crippen LogP contribution is 2.30. The number of anilines is 1. The normalized spacial score (nSPS) is 14.1. The predicted octanol–water partition coefficient (Wildman–Crippen LogP) is 1.87. The molecule has 4 aromatic rings. The van der Waals surface area contributed by atoms with Crippen molar-refractivity contribution in [2.75, 3.05) is 37.7 Å². The van der Waals surface area contributed by atoms with Crippen molar-refractivity contribution in [1.29, 1.82) is 5.26 Å². The van der Waals surface area contributed by atoms with Crippen molar-refractivity contribution < 1.29 is 9.63 Å². The highest BCUT2D eigenvalue weighted by molar-refractivity contribution is 7.19. The van der Waals surface area contributed by atoms with E-state index in [1.165, 1.54) is 22.5 Å². The maximum Gasteiger partial charge on any atom is 0.222 e. The molecule has 0 unspecified atom stereocenters. The molecular weight excluding hydrogens is 428 g/mol. The van der Waals surface area contributed by atoms with Crippen LogP contribution in [0, 0.1) is 11.3 Å². The van der Waals surface area contributed by atoms with E-state index in [9.17, 15) is 4.79 Å². The van der Waals surface area contributed by atoms with E-state index >= 15 is 0 Å². The van der Waals surface area contributed by atoms with Crippen LogP contribution in [-0.4, -0.2) is 68.7 Å². The molecule has 1 aromatic carbocycles. The Morgan fingerprint density at radius 3 is 2.88 bits per heavy atom. The summed E-state index contributed by atoms with van der Waals surface area (Å²) in [5.74, 6) is 0.945. The van der Waals surface area contributed by atoms with E-state index in [1.807, 2.05) is 35.2 Å². The number of nitriles is 1. The second-order valence-corrected chi connectivity index (χ2v) is 8.42. The quantitative estimate of drug-likeness (QED) is 0.411. The zero-order valence-corrected chi connectivity index (χ0v) is 18.0. The van der Waals surface area contributed by atoms with Crippen molar-refractivity contribution in [3.05, 3.63) is 41.5 Å². The van der Waals surface area contributed by atoms with Gasteiger partial charge in [-0.05, 0) is 29.8 Å². The minimum atomic E-state index is 0.117. The second-order valence-electron chi connectivity index (χ2n) is 7.39. The number of carbonyl (C=O) groups excluding carboxylic acids is 1. The number of amides is 1. The summed E-state index contributed by atoms with van der Waals surface area (Å²) in [6, 6.07) is 11.6. The van der Waals surface area contributed by atoms with Crippen LogP contribution in [0.5, 0.6) is 0 Å². The van der Waals surface area contributed by atoms with Gasteiger partial charge in [-0.15, -0.1) is 16.4 Å². The molecule has 4 heterocycles. The number of thiophene rings is 1. The van der Waals surface area contributed by atoms with Crippen LogP contribution in [0.1, 0.15) is 17.7 Å². The number of aromatic nitrogens is 5. The van der Waals surface area contributed by atoms with Gasteiger partial charge in [-0.1, -0.05) is 17.0 Å². The van der Waals surface area contributed by atoms with Crippen molar-refractivity contribution in [2.45, 2.75) is 12.8 Å². The van der Waals surface area contributed by atoms with Gasteiger partial charge in [-0.2, -0.15) is 5.26 Å². The molecule has 5 rings (SSSR count). The molecule has 1 saturated heterocycles. The Bertz CT molecular complexity index is 1300. The highest BCUT2D eigenvalue weighted by atomic mass is 32.1. The molecule has 10 nitrogen and oxygen atoms in total. The van der Waals surface area contributed by atoms with Crippen molar-refractivity contribution in [1.82, 2.24) is 30.0 Å². The SMILES string of the molecule is N#Cc1cc2c(N3CCN(C(=O)CCCOn4nnc5ccccc54)CC3)ncnc2s1. The summed E-state index contributed by atoms with van der Waals surface area (Å²) in [4.78, 5) is 33.9. The zero-order chi connectivity index (χ0) is 21.9. The molecule has 1 aliphatic rings. The summed E-state index contributed by atoms with van der Waals surface area (Å²) in [6.07, 6.45) is 2.55. The Kier molecular flexibility index (Phi) is 5.51. The van der Waals surface area contributed by atoms with Crippen LogP contribution in [0.25, 0.3) is 21.3 Å². The van der Waals surface area contributed by atoms with E-state index in [-0.39, 0.29) is 5.91 Å². The van der Waals surface area contributed by atoms with Crippen LogP contribution in [0.15, 0.2) is 36.7 Å². The number of para-hydroxylation sites is 1. The third-order valence-corrected chi connectivity index (χ3v) is 6.37. The lowest BCUT2D eigenvalue weighted by molar-refractivity contribution is -0.131. The zero-order valence-electron chi connectivity index (χ0n) is 17.2. The first kappa shape index (κ1) is 20.1. The number of hydrogen-bond acceptors (Lipinski definition) is 9. The average molecular weight is 449 g/mol. The fraction of sp³-hybridized carbons (Fsp3) is 0.333. The van der Waals surface area contributed by atoms with Crippen molar-refractivity contribution in [2.24, 2.45) is 0 Å². The van der Waals surface area contributed by atoms with Gasteiger partial charge in [0.2, 0.25) is 5.91 Å². The fourth-order valence-corrected chi connectivity index (χ4v) is 4.58. The molecule has 162 valence electrons. The first-order valence-electron chi connectivity index (χ1n) is 10.3. The van der Waals surface area contributed by atoms with Gasteiger partial charge in [0.25, 0.3) is 0 Å². The molecule has 1 amide bonds. The smallest absolute Gasteiger partial charge is 0.222 e. The van der Waals surface area contributed by atoms with Crippen molar-refractivity contribution >= 4 is 44.3 Å². The van der Waals surface area contributed by atoms with Gasteiger partial charge in [-0.3, -0.25) is 4.79 Å². The van der Waals surface area contributed by atoms with Gasteiger partial charge in [0, 0.05) is 32.6 Å². The molecule has 0 atom stereocenters. The molecule has 0 N–H and O–H groups in total. The standard InChI is InChI=1S/C21H20N8O2S/c22-13-15-12-16-20(23-14-24-21(16)32-15)28-9-7-27(8-10-28)19(30)6-3-11-31-29-18-5-2-1-4-17(18)25-26-29/h1-2,4-5,12,14H,3,6-11H2. The van der Waals surface area contributed by atoms with E-state index < -0.39 is 0 Å². The van der Waals surface area contributed by atoms with Gasteiger partial charge >= 0.3 is 0 Å². The molecule has 0 radical (unpaired) electrons. The topological polar surface area (TPSA) is 113 Å². The lowest BCUT2D eigenvalue weighted by Crippen LogP contribution is -2.49. The van der Waals surface area contributed by atoms with Crippen LogP contribution in [0.4, 0.5) is 5.82 Å². The summed E-state index contributed by atoms with van der Waals surface area (Å²) < 4.78 is 0. The monoisotopic (exact) mass is 448 g/mol. The molecule has 1 aliphatic heterocycles. The van der Waals surface area contributed by atoms with E-state index in [2.05, 4.69) is 31.2 Å². The van der Waals surface area contributed by atoms with Gasteiger partial charge in [0.05, 0.1) is 5.39 Å². The second kappa shape index (κ2) is 8.76. The Morgan fingerprint density at radius 1 is 1.19 bits per heavy atom. The maximum atomic E-state index is 12.6. The Hall–Kier alpha value is -3.78. The van der Waals surface area contributed by atoms with Crippen molar-refractivity contribution in [3.63, 3.8) is 0 Å². The minimum Gasteiger partial charge on any atom is -0.395 e. The van der Waals surface area contributed by atoms with Crippen molar-refractivity contribution in [3.8, 4) is 6.07 Å². The third-order valence-electron chi connectivity index (χ3n) is 5.42. The first-order chi connectivity index (χ1) is 15.7. The molecule has 11 heteroatoms. The molecule has 0 bridgehead atoms. The Morgan fingerprint density at radius 2 is 2.03 bits per heavy atom. The lowest BCUT2D eigenvalue weighted by Gasteiger charge is -2.35. The first-order valence-corrected chi connectivity index (χ1v) is 11.2. The summed E-state index contributed by atoms with van der Waals surface area (Å²) in [5, 5.41) is 18.1.